The molecule has 190 valence electrons. The van der Waals surface area contributed by atoms with Crippen LogP contribution in [0.4, 0.5) is 19.1 Å². The molecule has 36 heavy (non-hydrogen) atoms. The molecule has 5 rings (SSSR count). The van der Waals surface area contributed by atoms with Gasteiger partial charge in [0.2, 0.25) is 5.95 Å². The lowest BCUT2D eigenvalue weighted by Gasteiger charge is -2.26. The average molecular weight is 519 g/mol. The minimum Gasteiger partial charge on any atom is -0.351 e. The van der Waals surface area contributed by atoms with Gasteiger partial charge in [-0.15, -0.1) is 12.4 Å². The van der Waals surface area contributed by atoms with E-state index in [2.05, 4.69) is 35.5 Å². The van der Waals surface area contributed by atoms with Crippen LogP contribution in [0.5, 0.6) is 0 Å². The van der Waals surface area contributed by atoms with E-state index in [9.17, 15) is 13.2 Å². The maximum absolute atomic E-state index is 13.0. The van der Waals surface area contributed by atoms with Crippen molar-refractivity contribution in [1.82, 2.24) is 30.1 Å². The lowest BCUT2D eigenvalue weighted by Crippen LogP contribution is -2.33. The Labute approximate surface area is 211 Å². The second kappa shape index (κ2) is 10.8. The summed E-state index contributed by atoms with van der Waals surface area (Å²) in [5.41, 5.74) is 7.70. The van der Waals surface area contributed by atoms with Gasteiger partial charge in [0, 0.05) is 30.9 Å². The molecule has 4 aromatic rings. The van der Waals surface area contributed by atoms with Gasteiger partial charge in [0.15, 0.2) is 5.65 Å². The van der Waals surface area contributed by atoms with Gasteiger partial charge in [-0.1, -0.05) is 18.2 Å². The Morgan fingerprint density at radius 3 is 2.61 bits per heavy atom. The van der Waals surface area contributed by atoms with Crippen molar-refractivity contribution in [3.05, 3.63) is 59.7 Å². The lowest BCUT2D eigenvalue weighted by molar-refractivity contribution is -0.137. The molecule has 12 heteroatoms. The molecular formula is C24H26ClF3N8. The van der Waals surface area contributed by atoms with Crippen LogP contribution in [0.15, 0.2) is 42.7 Å². The van der Waals surface area contributed by atoms with E-state index in [1.54, 1.807) is 24.5 Å². The van der Waals surface area contributed by atoms with Crippen LogP contribution in [0.25, 0.3) is 22.4 Å². The standard InChI is InChI=1S/C24H25F3N8.ClH/c25-24(26,27)15-3-1-2-14(12-15)4-9-20-29-11-10-19(32-20)21-18-13-30-23(33-22(18)35-34-21)31-17-7-5-16(28)6-8-17;/h1-3,10-13,16-17H,4-9,28H2,(H2,30,31,33,34,35);1H. The second-order valence-electron chi connectivity index (χ2n) is 8.84. The van der Waals surface area contributed by atoms with Crippen LogP contribution in [-0.2, 0) is 19.0 Å². The van der Waals surface area contributed by atoms with Gasteiger partial charge < -0.3 is 11.1 Å². The number of halogens is 4. The van der Waals surface area contributed by atoms with E-state index in [0.29, 0.717) is 53.3 Å². The number of nitrogens with zero attached hydrogens (tertiary/aromatic N) is 5. The average Bonchev–Trinajstić information content (AvgIpc) is 3.27. The number of rotatable bonds is 6. The summed E-state index contributed by atoms with van der Waals surface area (Å²) >= 11 is 0. The summed E-state index contributed by atoms with van der Waals surface area (Å²) in [6, 6.07) is 7.64. The zero-order valence-corrected chi connectivity index (χ0v) is 20.1. The number of aryl methyl sites for hydroxylation is 2. The van der Waals surface area contributed by atoms with E-state index >= 15 is 0 Å². The van der Waals surface area contributed by atoms with Crippen LogP contribution in [0.3, 0.4) is 0 Å². The summed E-state index contributed by atoms with van der Waals surface area (Å²) in [5.74, 6) is 1.05. The number of H-pyrrole nitrogens is 1. The van der Waals surface area contributed by atoms with Crippen LogP contribution in [0.2, 0.25) is 0 Å². The Kier molecular flexibility index (Phi) is 7.70. The molecule has 3 aromatic heterocycles. The molecule has 1 fully saturated rings. The van der Waals surface area contributed by atoms with Gasteiger partial charge in [0.1, 0.15) is 5.82 Å². The Bertz CT molecular complexity index is 1320. The number of aromatic nitrogens is 6. The van der Waals surface area contributed by atoms with Gasteiger partial charge >= 0.3 is 6.18 Å². The first-order valence-corrected chi connectivity index (χ1v) is 11.6. The van der Waals surface area contributed by atoms with Gasteiger partial charge in [0.05, 0.1) is 22.3 Å². The molecule has 1 aliphatic rings. The molecule has 3 heterocycles. The van der Waals surface area contributed by atoms with Crippen molar-refractivity contribution in [2.45, 2.75) is 56.8 Å². The third-order valence-electron chi connectivity index (χ3n) is 6.27. The molecule has 0 aliphatic heterocycles. The van der Waals surface area contributed by atoms with E-state index in [1.165, 1.54) is 6.07 Å². The minimum atomic E-state index is -4.37. The van der Waals surface area contributed by atoms with E-state index in [-0.39, 0.29) is 18.4 Å². The number of fused-ring (bicyclic) bond motifs is 1. The Hall–Kier alpha value is -3.31. The van der Waals surface area contributed by atoms with E-state index < -0.39 is 11.7 Å². The predicted octanol–water partition coefficient (Wildman–Crippen LogP) is 4.72. The number of anilines is 1. The highest BCUT2D eigenvalue weighted by molar-refractivity contribution is 5.89. The second-order valence-corrected chi connectivity index (χ2v) is 8.84. The first-order chi connectivity index (χ1) is 16.8. The van der Waals surface area contributed by atoms with Crippen molar-refractivity contribution >= 4 is 29.4 Å². The fraction of sp³-hybridized carbons (Fsp3) is 0.375. The molecule has 8 nitrogen and oxygen atoms in total. The third kappa shape index (κ3) is 5.90. The molecule has 0 unspecified atom stereocenters. The van der Waals surface area contributed by atoms with E-state index in [4.69, 9.17) is 5.73 Å². The Balaban J connectivity index is 0.00000304. The fourth-order valence-electron chi connectivity index (χ4n) is 4.33. The molecule has 0 spiro atoms. The van der Waals surface area contributed by atoms with Gasteiger partial charge in [0.25, 0.3) is 0 Å². The molecule has 0 atom stereocenters. The van der Waals surface area contributed by atoms with E-state index in [1.807, 2.05) is 0 Å². The molecule has 1 saturated carbocycles. The molecule has 4 N–H and O–H groups in total. The monoisotopic (exact) mass is 518 g/mol. The third-order valence-corrected chi connectivity index (χ3v) is 6.27. The van der Waals surface area contributed by atoms with Crippen LogP contribution >= 0.6 is 12.4 Å². The maximum atomic E-state index is 13.0. The summed E-state index contributed by atoms with van der Waals surface area (Å²) in [4.78, 5) is 17.9. The summed E-state index contributed by atoms with van der Waals surface area (Å²) in [6.07, 6.45) is 3.70. The summed E-state index contributed by atoms with van der Waals surface area (Å²) in [7, 11) is 0. The number of alkyl halides is 3. The smallest absolute Gasteiger partial charge is 0.351 e. The summed E-state index contributed by atoms with van der Waals surface area (Å²) < 4.78 is 38.9. The zero-order valence-electron chi connectivity index (χ0n) is 19.3. The molecule has 1 aromatic carbocycles. The highest BCUT2D eigenvalue weighted by Gasteiger charge is 2.30. The number of nitrogens with one attached hydrogen (secondary N) is 2. The topological polar surface area (TPSA) is 118 Å². The first kappa shape index (κ1) is 25.8. The van der Waals surface area contributed by atoms with Gasteiger partial charge in [-0.3, -0.25) is 5.10 Å². The van der Waals surface area contributed by atoms with Crippen molar-refractivity contribution in [2.24, 2.45) is 5.73 Å². The van der Waals surface area contributed by atoms with Gasteiger partial charge in [-0.05, 0) is 49.8 Å². The fourth-order valence-corrected chi connectivity index (χ4v) is 4.33. The number of hydrogen-bond acceptors (Lipinski definition) is 7. The van der Waals surface area contributed by atoms with Crippen LogP contribution in [-0.4, -0.2) is 42.2 Å². The van der Waals surface area contributed by atoms with Crippen LogP contribution < -0.4 is 11.1 Å². The van der Waals surface area contributed by atoms with Crippen molar-refractivity contribution in [2.75, 3.05) is 5.32 Å². The predicted molar refractivity (Wildman–Crippen MR) is 133 cm³/mol. The molecule has 0 radical (unpaired) electrons. The van der Waals surface area contributed by atoms with Crippen molar-refractivity contribution in [1.29, 1.82) is 0 Å². The number of aromatic amines is 1. The Morgan fingerprint density at radius 1 is 1.03 bits per heavy atom. The van der Waals surface area contributed by atoms with Gasteiger partial charge in [-0.25, -0.2) is 15.0 Å². The number of hydrogen-bond donors (Lipinski definition) is 3. The molecule has 0 saturated heterocycles. The number of benzene rings is 1. The zero-order chi connectivity index (χ0) is 24.4. The largest absolute Gasteiger partial charge is 0.416 e. The minimum absolute atomic E-state index is 0. The van der Waals surface area contributed by atoms with Crippen LogP contribution in [0.1, 0.15) is 42.6 Å². The molecule has 1 aliphatic carbocycles. The highest BCUT2D eigenvalue weighted by Crippen LogP contribution is 2.30. The van der Waals surface area contributed by atoms with Gasteiger partial charge in [-0.2, -0.15) is 23.3 Å². The lowest BCUT2D eigenvalue weighted by atomic mass is 9.92. The van der Waals surface area contributed by atoms with Crippen LogP contribution in [0, 0.1) is 0 Å². The molecule has 0 bridgehead atoms. The highest BCUT2D eigenvalue weighted by atomic mass is 35.5. The number of nitrogens with two attached hydrogens (primary N) is 1. The van der Waals surface area contributed by atoms with E-state index in [0.717, 1.165) is 43.2 Å². The maximum Gasteiger partial charge on any atom is 0.416 e. The molecule has 0 amide bonds. The van der Waals surface area contributed by atoms with Crippen molar-refractivity contribution in [3.8, 4) is 11.4 Å². The normalized spacial score (nSPS) is 18.1. The summed E-state index contributed by atoms with van der Waals surface area (Å²) in [6.45, 7) is 0. The van der Waals surface area contributed by atoms with Crippen molar-refractivity contribution in [3.63, 3.8) is 0 Å². The van der Waals surface area contributed by atoms with Crippen molar-refractivity contribution < 1.29 is 13.2 Å². The summed E-state index contributed by atoms with van der Waals surface area (Å²) in [5, 5.41) is 11.4. The quantitative estimate of drug-likeness (QED) is 0.338. The SMILES string of the molecule is Cl.NC1CCC(Nc2ncc3c(-c4ccnc(CCc5cccc(C(F)(F)F)c5)n4)[nH]nc3n2)CC1. The Morgan fingerprint density at radius 2 is 1.83 bits per heavy atom. The first-order valence-electron chi connectivity index (χ1n) is 11.6. The molecular weight excluding hydrogens is 493 g/mol.